The van der Waals surface area contributed by atoms with E-state index in [1.807, 2.05) is 31.2 Å². The molecule has 1 amide bonds. The lowest BCUT2D eigenvalue weighted by Gasteiger charge is -2.13. The zero-order valence-electron chi connectivity index (χ0n) is 22.0. The predicted octanol–water partition coefficient (Wildman–Crippen LogP) is 5.64. The van der Waals surface area contributed by atoms with Gasteiger partial charge < -0.3 is 24.3 Å². The number of amides is 1. The SMILES string of the molecule is CCOCCOc1nc(-c2cccc(OC)c2)n(-c2ccc(NC(=O)c3ccc(OC)c(C(F)(F)F)c3)cc2)n1. The fourth-order valence-corrected chi connectivity index (χ4v) is 3.78. The second-order valence-corrected chi connectivity index (χ2v) is 8.32. The molecule has 0 atom stereocenters. The van der Waals surface area contributed by atoms with Crippen molar-refractivity contribution >= 4 is 11.6 Å². The number of rotatable bonds is 11. The highest BCUT2D eigenvalue weighted by molar-refractivity contribution is 6.04. The molecule has 0 aliphatic rings. The van der Waals surface area contributed by atoms with Gasteiger partial charge in [0.15, 0.2) is 5.82 Å². The van der Waals surface area contributed by atoms with Gasteiger partial charge in [0.05, 0.1) is 32.1 Å². The number of alkyl halides is 3. The Labute approximate surface area is 228 Å². The Morgan fingerprint density at radius 2 is 1.75 bits per heavy atom. The quantitative estimate of drug-likeness (QED) is 0.239. The Morgan fingerprint density at radius 3 is 2.42 bits per heavy atom. The van der Waals surface area contributed by atoms with Crippen molar-refractivity contribution in [3.63, 3.8) is 0 Å². The maximum atomic E-state index is 13.4. The van der Waals surface area contributed by atoms with E-state index in [1.54, 1.807) is 36.1 Å². The summed E-state index contributed by atoms with van der Waals surface area (Å²) >= 11 is 0. The number of anilines is 1. The highest BCUT2D eigenvalue weighted by atomic mass is 19.4. The molecule has 4 rings (SSSR count). The van der Waals surface area contributed by atoms with Gasteiger partial charge in [-0.3, -0.25) is 4.79 Å². The molecule has 1 N–H and O–H groups in total. The Hall–Kier alpha value is -4.58. The molecule has 0 radical (unpaired) electrons. The van der Waals surface area contributed by atoms with Crippen molar-refractivity contribution in [3.05, 3.63) is 77.9 Å². The molecule has 0 bridgehead atoms. The zero-order valence-corrected chi connectivity index (χ0v) is 22.0. The van der Waals surface area contributed by atoms with Crippen LogP contribution in [0.4, 0.5) is 18.9 Å². The Kier molecular flexibility index (Phi) is 8.90. The van der Waals surface area contributed by atoms with Crippen molar-refractivity contribution in [1.29, 1.82) is 0 Å². The number of carbonyl (C=O) groups excluding carboxylic acids is 1. The molecule has 0 fully saturated rings. The third-order valence-corrected chi connectivity index (χ3v) is 5.72. The van der Waals surface area contributed by atoms with Crippen LogP contribution in [-0.4, -0.2) is 54.7 Å². The lowest BCUT2D eigenvalue weighted by Crippen LogP contribution is -2.15. The van der Waals surface area contributed by atoms with Crippen LogP contribution >= 0.6 is 0 Å². The molecule has 0 saturated carbocycles. The topological polar surface area (TPSA) is 96.7 Å². The second kappa shape index (κ2) is 12.5. The van der Waals surface area contributed by atoms with Crippen molar-refractivity contribution in [2.75, 3.05) is 39.4 Å². The van der Waals surface area contributed by atoms with Crippen molar-refractivity contribution in [1.82, 2.24) is 14.8 Å². The predicted molar refractivity (Wildman–Crippen MR) is 141 cm³/mol. The average molecular weight is 557 g/mol. The third-order valence-electron chi connectivity index (χ3n) is 5.72. The Bertz CT molecular complexity index is 1460. The van der Waals surface area contributed by atoms with Gasteiger partial charge in [-0.2, -0.15) is 18.2 Å². The van der Waals surface area contributed by atoms with Gasteiger partial charge in [0.25, 0.3) is 5.91 Å². The van der Waals surface area contributed by atoms with E-state index < -0.39 is 17.6 Å². The zero-order chi connectivity index (χ0) is 28.7. The number of halogens is 3. The van der Waals surface area contributed by atoms with Crippen molar-refractivity contribution < 1.29 is 36.9 Å². The maximum Gasteiger partial charge on any atom is 0.419 e. The van der Waals surface area contributed by atoms with E-state index in [1.165, 1.54) is 6.07 Å². The molecule has 9 nitrogen and oxygen atoms in total. The van der Waals surface area contributed by atoms with Gasteiger partial charge in [-0.05, 0) is 61.5 Å². The number of nitrogens with one attached hydrogen (secondary N) is 1. The minimum atomic E-state index is -4.67. The van der Waals surface area contributed by atoms with Crippen LogP contribution in [0, 0.1) is 0 Å². The van der Waals surface area contributed by atoms with Gasteiger partial charge in [0.1, 0.15) is 18.1 Å². The van der Waals surface area contributed by atoms with E-state index >= 15 is 0 Å². The first-order valence-electron chi connectivity index (χ1n) is 12.2. The average Bonchev–Trinajstić information content (AvgIpc) is 3.39. The molecule has 0 spiro atoms. The second-order valence-electron chi connectivity index (χ2n) is 8.32. The minimum Gasteiger partial charge on any atom is -0.497 e. The number of methoxy groups -OCH3 is 2. The molecular formula is C28H27F3N4O5. The first-order chi connectivity index (χ1) is 19.2. The summed E-state index contributed by atoms with van der Waals surface area (Å²) in [6.45, 7) is 3.09. The van der Waals surface area contributed by atoms with Crippen molar-refractivity contribution in [3.8, 4) is 34.6 Å². The molecule has 0 unspecified atom stereocenters. The van der Waals surface area contributed by atoms with Crippen LogP contribution in [0.2, 0.25) is 0 Å². The summed E-state index contributed by atoms with van der Waals surface area (Å²) in [5.41, 5.74) is 0.501. The van der Waals surface area contributed by atoms with E-state index in [0.717, 1.165) is 24.8 Å². The number of carbonyl (C=O) groups is 1. The summed E-state index contributed by atoms with van der Waals surface area (Å²) in [5, 5.41) is 7.09. The normalized spacial score (nSPS) is 11.2. The van der Waals surface area contributed by atoms with Gasteiger partial charge >= 0.3 is 12.2 Å². The van der Waals surface area contributed by atoms with E-state index in [0.29, 0.717) is 36.2 Å². The molecule has 0 aliphatic heterocycles. The van der Waals surface area contributed by atoms with Gasteiger partial charge in [-0.25, -0.2) is 4.68 Å². The standard InChI is InChI=1S/C28H27F3N4O5/c1-4-39-14-15-40-27-33-25(18-6-5-7-22(16-18)37-2)35(34-27)21-11-9-20(10-12-21)32-26(36)19-8-13-24(38-3)23(17-19)28(29,30)31/h5-13,16-17H,4,14-15H2,1-3H3,(H,32,36). The molecule has 210 valence electrons. The summed E-state index contributed by atoms with van der Waals surface area (Å²) in [4.78, 5) is 17.2. The number of hydrogen-bond acceptors (Lipinski definition) is 7. The Morgan fingerprint density at radius 1 is 0.975 bits per heavy atom. The van der Waals surface area contributed by atoms with Crippen LogP contribution in [0.5, 0.6) is 17.5 Å². The third kappa shape index (κ3) is 6.70. The summed E-state index contributed by atoms with van der Waals surface area (Å²) in [6.07, 6.45) is -4.67. The fraction of sp³-hybridized carbons (Fsp3) is 0.250. The summed E-state index contributed by atoms with van der Waals surface area (Å²) < 4.78 is 62.8. The lowest BCUT2D eigenvalue weighted by atomic mass is 10.1. The molecule has 4 aromatic rings. The molecule has 1 aromatic heterocycles. The Balaban J connectivity index is 1.58. The smallest absolute Gasteiger partial charge is 0.419 e. The maximum absolute atomic E-state index is 13.4. The molecule has 12 heteroatoms. The number of benzene rings is 3. The van der Waals surface area contributed by atoms with Crippen molar-refractivity contribution in [2.24, 2.45) is 0 Å². The lowest BCUT2D eigenvalue weighted by molar-refractivity contribution is -0.138. The van der Waals surface area contributed by atoms with Gasteiger partial charge in [-0.15, -0.1) is 5.10 Å². The molecular weight excluding hydrogens is 529 g/mol. The van der Waals surface area contributed by atoms with Crippen LogP contribution in [0.15, 0.2) is 66.7 Å². The van der Waals surface area contributed by atoms with E-state index in [-0.39, 0.29) is 23.9 Å². The van der Waals surface area contributed by atoms with Gasteiger partial charge in [0, 0.05) is 23.4 Å². The molecule has 0 aliphatic carbocycles. The van der Waals surface area contributed by atoms with E-state index in [9.17, 15) is 18.0 Å². The molecule has 0 saturated heterocycles. The summed E-state index contributed by atoms with van der Waals surface area (Å²) in [5.74, 6) is 0.0502. The first kappa shape index (κ1) is 28.4. The van der Waals surface area contributed by atoms with Gasteiger partial charge in [-0.1, -0.05) is 12.1 Å². The monoisotopic (exact) mass is 556 g/mol. The minimum absolute atomic E-state index is 0.148. The molecule has 3 aromatic carbocycles. The van der Waals surface area contributed by atoms with Crippen LogP contribution in [0.1, 0.15) is 22.8 Å². The summed E-state index contributed by atoms with van der Waals surface area (Å²) in [6, 6.07) is 17.2. The molecule has 1 heterocycles. The number of hydrogen-bond donors (Lipinski definition) is 1. The molecule has 40 heavy (non-hydrogen) atoms. The largest absolute Gasteiger partial charge is 0.497 e. The van der Waals surface area contributed by atoms with Crippen LogP contribution in [-0.2, 0) is 10.9 Å². The van der Waals surface area contributed by atoms with Crippen LogP contribution in [0.25, 0.3) is 17.1 Å². The number of ether oxygens (including phenoxy) is 4. The number of aromatic nitrogens is 3. The fourth-order valence-electron chi connectivity index (χ4n) is 3.78. The first-order valence-corrected chi connectivity index (χ1v) is 12.2. The summed E-state index contributed by atoms with van der Waals surface area (Å²) in [7, 11) is 2.70. The number of nitrogens with zero attached hydrogens (tertiary/aromatic N) is 3. The van der Waals surface area contributed by atoms with E-state index in [2.05, 4.69) is 15.4 Å². The highest BCUT2D eigenvalue weighted by Gasteiger charge is 2.35. The van der Waals surface area contributed by atoms with Crippen LogP contribution < -0.4 is 19.5 Å². The highest BCUT2D eigenvalue weighted by Crippen LogP contribution is 2.37. The van der Waals surface area contributed by atoms with Crippen molar-refractivity contribution in [2.45, 2.75) is 13.1 Å². The van der Waals surface area contributed by atoms with Gasteiger partial charge in [0.2, 0.25) is 0 Å². The van der Waals surface area contributed by atoms with Crippen LogP contribution in [0.3, 0.4) is 0 Å². The van der Waals surface area contributed by atoms with E-state index in [4.69, 9.17) is 18.9 Å².